The summed E-state index contributed by atoms with van der Waals surface area (Å²) in [5, 5.41) is 11.5. The molecule has 2 heteroatoms. The van der Waals surface area contributed by atoms with E-state index < -0.39 is 0 Å². The molecule has 0 amide bonds. The second-order valence-corrected chi connectivity index (χ2v) is 2.19. The highest BCUT2D eigenvalue weighted by atomic mass is 16.2. The minimum atomic E-state index is 0.992. The fourth-order valence-electron chi connectivity index (χ4n) is 0.847. The summed E-state index contributed by atoms with van der Waals surface area (Å²) in [4.78, 5) is 0. The predicted octanol–water partition coefficient (Wildman–Crippen LogP) is 2.26. The van der Waals surface area contributed by atoms with Crippen LogP contribution in [0.5, 0.6) is 0 Å². The van der Waals surface area contributed by atoms with Crippen molar-refractivity contribution in [1.82, 2.24) is 0 Å². The van der Waals surface area contributed by atoms with Gasteiger partial charge in [0.25, 0.3) is 0 Å². The van der Waals surface area contributed by atoms with Crippen molar-refractivity contribution in [2.24, 2.45) is 0 Å². The lowest BCUT2D eigenvalue weighted by atomic mass is 10.2. The van der Waals surface area contributed by atoms with Crippen LogP contribution in [0.2, 0.25) is 0 Å². The van der Waals surface area contributed by atoms with Crippen LogP contribution >= 0.6 is 0 Å². The first-order valence-corrected chi connectivity index (χ1v) is 3.45. The lowest BCUT2D eigenvalue weighted by Crippen LogP contribution is -1.86. The molecule has 0 spiro atoms. The first-order chi connectivity index (χ1) is 5.36. The molecule has 2 N–H and O–H groups in total. The average molecular weight is 149 g/mol. The zero-order valence-electron chi connectivity index (χ0n) is 6.41. The molecular formula is C9H11NO. The fraction of sp³-hybridized carbons (Fsp3) is 0.111. The van der Waals surface area contributed by atoms with Crippen LogP contribution in [0.1, 0.15) is 5.56 Å². The van der Waals surface area contributed by atoms with E-state index in [1.54, 1.807) is 6.08 Å². The van der Waals surface area contributed by atoms with Crippen molar-refractivity contribution in [2.75, 3.05) is 12.4 Å². The minimum Gasteiger partial charge on any atom is -0.516 e. The van der Waals surface area contributed by atoms with Crippen LogP contribution in [0, 0.1) is 0 Å². The van der Waals surface area contributed by atoms with Gasteiger partial charge in [-0.3, -0.25) is 0 Å². The van der Waals surface area contributed by atoms with E-state index in [1.807, 2.05) is 31.3 Å². The Morgan fingerprint density at radius 2 is 1.91 bits per heavy atom. The van der Waals surface area contributed by atoms with Crippen LogP contribution in [0.15, 0.2) is 30.5 Å². The van der Waals surface area contributed by atoms with Gasteiger partial charge in [-0.2, -0.15) is 0 Å². The quantitative estimate of drug-likeness (QED) is 0.632. The molecule has 0 saturated carbocycles. The Kier molecular flexibility index (Phi) is 2.55. The molecule has 0 aliphatic rings. The van der Waals surface area contributed by atoms with E-state index in [-0.39, 0.29) is 0 Å². The average Bonchev–Trinajstić information content (AvgIpc) is 2.07. The molecule has 0 aliphatic carbocycles. The fourth-order valence-corrected chi connectivity index (χ4v) is 0.847. The van der Waals surface area contributed by atoms with Crippen molar-refractivity contribution in [3.05, 3.63) is 36.1 Å². The maximum Gasteiger partial charge on any atom is 0.0797 e. The smallest absolute Gasteiger partial charge is 0.0797 e. The number of rotatable bonds is 2. The Balaban J connectivity index is 2.82. The van der Waals surface area contributed by atoms with Gasteiger partial charge in [-0.15, -0.1) is 0 Å². The van der Waals surface area contributed by atoms with Crippen LogP contribution in [-0.4, -0.2) is 12.2 Å². The van der Waals surface area contributed by atoms with E-state index in [1.165, 1.54) is 0 Å². The highest BCUT2D eigenvalue weighted by Gasteiger charge is 1.86. The van der Waals surface area contributed by atoms with Crippen molar-refractivity contribution in [2.45, 2.75) is 0 Å². The Labute approximate surface area is 66.2 Å². The highest BCUT2D eigenvalue weighted by molar-refractivity contribution is 5.53. The van der Waals surface area contributed by atoms with E-state index in [0.29, 0.717) is 0 Å². The van der Waals surface area contributed by atoms with Crippen LogP contribution in [0.3, 0.4) is 0 Å². The molecule has 58 valence electrons. The normalized spacial score (nSPS) is 10.3. The molecule has 1 aromatic carbocycles. The summed E-state index contributed by atoms with van der Waals surface area (Å²) >= 11 is 0. The lowest BCUT2D eigenvalue weighted by Gasteiger charge is -1.98. The third-order valence-corrected chi connectivity index (χ3v) is 1.47. The number of aliphatic hydroxyl groups excluding tert-OH is 1. The van der Waals surface area contributed by atoms with Crippen molar-refractivity contribution in [3.8, 4) is 0 Å². The number of hydrogen-bond donors (Lipinski definition) is 2. The molecule has 2 nitrogen and oxygen atoms in total. The van der Waals surface area contributed by atoms with E-state index in [2.05, 4.69) is 5.32 Å². The summed E-state index contributed by atoms with van der Waals surface area (Å²) in [5.74, 6) is 0. The van der Waals surface area contributed by atoms with Crippen LogP contribution < -0.4 is 5.32 Å². The first kappa shape index (κ1) is 7.66. The molecule has 0 atom stereocenters. The van der Waals surface area contributed by atoms with Gasteiger partial charge in [0.1, 0.15) is 0 Å². The van der Waals surface area contributed by atoms with Gasteiger partial charge in [0.15, 0.2) is 0 Å². The summed E-state index contributed by atoms with van der Waals surface area (Å²) in [6.45, 7) is 0. The van der Waals surface area contributed by atoms with E-state index in [9.17, 15) is 0 Å². The Morgan fingerprint density at radius 1 is 1.27 bits per heavy atom. The summed E-state index contributed by atoms with van der Waals surface area (Å²) in [7, 11) is 1.87. The standard InChI is InChI=1S/C9H11NO/c1-10-9-4-2-8(3-5-9)6-7-11/h2-7,10-11H,1H3/b7-6+. The van der Waals surface area contributed by atoms with Crippen molar-refractivity contribution < 1.29 is 5.11 Å². The Bertz CT molecular complexity index is 238. The van der Waals surface area contributed by atoms with Crippen molar-refractivity contribution in [3.63, 3.8) is 0 Å². The van der Waals surface area contributed by atoms with Gasteiger partial charge >= 0.3 is 0 Å². The first-order valence-electron chi connectivity index (χ1n) is 3.45. The van der Waals surface area contributed by atoms with Crippen LogP contribution in [0.25, 0.3) is 6.08 Å². The number of nitrogens with one attached hydrogen (secondary N) is 1. The molecule has 0 saturated heterocycles. The Hall–Kier alpha value is -1.44. The van der Waals surface area contributed by atoms with Gasteiger partial charge < -0.3 is 10.4 Å². The van der Waals surface area contributed by atoms with Gasteiger partial charge in [0.05, 0.1) is 6.26 Å². The molecule has 0 bridgehead atoms. The van der Waals surface area contributed by atoms with E-state index in [4.69, 9.17) is 5.11 Å². The largest absolute Gasteiger partial charge is 0.516 e. The van der Waals surface area contributed by atoms with Gasteiger partial charge in [-0.25, -0.2) is 0 Å². The molecule has 1 rings (SSSR count). The van der Waals surface area contributed by atoms with Crippen molar-refractivity contribution >= 4 is 11.8 Å². The predicted molar refractivity (Wildman–Crippen MR) is 47.7 cm³/mol. The van der Waals surface area contributed by atoms with E-state index >= 15 is 0 Å². The monoisotopic (exact) mass is 149 g/mol. The highest BCUT2D eigenvalue weighted by Crippen LogP contribution is 2.09. The van der Waals surface area contributed by atoms with Gasteiger partial charge in [0, 0.05) is 12.7 Å². The number of hydrogen-bond acceptors (Lipinski definition) is 2. The molecule has 0 heterocycles. The zero-order chi connectivity index (χ0) is 8.10. The van der Waals surface area contributed by atoms with Crippen LogP contribution in [-0.2, 0) is 0 Å². The lowest BCUT2D eigenvalue weighted by molar-refractivity contribution is 0.478. The maximum atomic E-state index is 8.45. The van der Waals surface area contributed by atoms with Crippen molar-refractivity contribution in [1.29, 1.82) is 0 Å². The maximum absolute atomic E-state index is 8.45. The van der Waals surface area contributed by atoms with Gasteiger partial charge in [0.2, 0.25) is 0 Å². The van der Waals surface area contributed by atoms with Gasteiger partial charge in [-0.1, -0.05) is 12.1 Å². The third kappa shape index (κ3) is 2.00. The number of benzene rings is 1. The number of anilines is 1. The number of aliphatic hydroxyl groups is 1. The second kappa shape index (κ2) is 3.66. The molecule has 11 heavy (non-hydrogen) atoms. The topological polar surface area (TPSA) is 32.3 Å². The molecule has 0 fully saturated rings. The molecular weight excluding hydrogens is 138 g/mol. The molecule has 1 aromatic rings. The summed E-state index contributed by atoms with van der Waals surface area (Å²) in [6.07, 6.45) is 2.67. The summed E-state index contributed by atoms with van der Waals surface area (Å²) in [5.41, 5.74) is 2.06. The third-order valence-electron chi connectivity index (χ3n) is 1.47. The molecule has 0 radical (unpaired) electrons. The summed E-state index contributed by atoms with van der Waals surface area (Å²) in [6, 6.07) is 7.77. The second-order valence-electron chi connectivity index (χ2n) is 2.19. The minimum absolute atomic E-state index is 0.992. The van der Waals surface area contributed by atoms with E-state index in [0.717, 1.165) is 17.5 Å². The zero-order valence-corrected chi connectivity index (χ0v) is 6.41. The molecule has 0 unspecified atom stereocenters. The molecule has 0 aromatic heterocycles. The SMILES string of the molecule is CNc1ccc(/C=C/O)cc1. The summed E-state index contributed by atoms with van der Waals surface area (Å²) < 4.78 is 0. The van der Waals surface area contributed by atoms with Gasteiger partial charge in [-0.05, 0) is 23.8 Å². The molecule has 0 aliphatic heterocycles. The Morgan fingerprint density at radius 3 is 2.36 bits per heavy atom. The van der Waals surface area contributed by atoms with Crippen LogP contribution in [0.4, 0.5) is 5.69 Å².